The van der Waals surface area contributed by atoms with Crippen LogP contribution in [-0.4, -0.2) is 32.1 Å². The first-order chi connectivity index (χ1) is 8.13. The highest BCUT2D eigenvalue weighted by Crippen LogP contribution is 2.13. The van der Waals surface area contributed by atoms with Gasteiger partial charge in [-0.05, 0) is 26.1 Å². The van der Waals surface area contributed by atoms with Gasteiger partial charge in [-0.3, -0.25) is 4.79 Å². The van der Waals surface area contributed by atoms with E-state index >= 15 is 0 Å². The van der Waals surface area contributed by atoms with Crippen LogP contribution < -0.4 is 15.4 Å². The summed E-state index contributed by atoms with van der Waals surface area (Å²) >= 11 is 0. The summed E-state index contributed by atoms with van der Waals surface area (Å²) in [5.41, 5.74) is 0. The second kappa shape index (κ2) is 6.85. The molecular formula is C12H17FN2O2. The third-order valence-electron chi connectivity index (χ3n) is 2.15. The van der Waals surface area contributed by atoms with Crippen LogP contribution in [0.25, 0.3) is 0 Å². The second-order valence-electron chi connectivity index (χ2n) is 3.61. The van der Waals surface area contributed by atoms with E-state index in [-0.39, 0.29) is 11.7 Å². The highest BCUT2D eigenvalue weighted by Gasteiger charge is 2.13. The van der Waals surface area contributed by atoms with Crippen LogP contribution in [0.3, 0.4) is 0 Å². The van der Waals surface area contributed by atoms with Crippen LogP contribution in [0.1, 0.15) is 6.92 Å². The molecule has 0 spiro atoms. The molecule has 2 N–H and O–H groups in total. The van der Waals surface area contributed by atoms with Crippen molar-refractivity contribution in [1.82, 2.24) is 10.6 Å². The first-order valence-corrected chi connectivity index (χ1v) is 5.48. The monoisotopic (exact) mass is 240 g/mol. The summed E-state index contributed by atoms with van der Waals surface area (Å²) in [4.78, 5) is 11.5. The van der Waals surface area contributed by atoms with Gasteiger partial charge < -0.3 is 15.4 Å². The number of ether oxygens (including phenoxy) is 1. The third kappa shape index (κ3) is 4.82. The topological polar surface area (TPSA) is 50.4 Å². The third-order valence-corrected chi connectivity index (χ3v) is 2.15. The van der Waals surface area contributed by atoms with Crippen molar-refractivity contribution in [2.75, 3.05) is 20.1 Å². The zero-order chi connectivity index (χ0) is 12.7. The minimum atomic E-state index is -0.645. The molecule has 94 valence electrons. The average Bonchev–Trinajstić information content (AvgIpc) is 2.29. The molecule has 0 aliphatic heterocycles. The van der Waals surface area contributed by atoms with E-state index < -0.39 is 6.10 Å². The molecule has 0 saturated carbocycles. The molecule has 1 unspecified atom stereocenters. The lowest BCUT2D eigenvalue weighted by atomic mass is 10.3. The Morgan fingerprint density at radius 2 is 2.24 bits per heavy atom. The van der Waals surface area contributed by atoms with Crippen LogP contribution in [0.4, 0.5) is 4.39 Å². The van der Waals surface area contributed by atoms with Gasteiger partial charge in [-0.2, -0.15) is 0 Å². The number of carbonyl (C=O) groups excluding carboxylic acids is 1. The van der Waals surface area contributed by atoms with Crippen molar-refractivity contribution in [2.45, 2.75) is 13.0 Å². The predicted molar refractivity (Wildman–Crippen MR) is 63.4 cm³/mol. The quantitative estimate of drug-likeness (QED) is 0.727. The number of halogens is 1. The standard InChI is InChI=1S/C12H17FN2O2/c1-9(12(16)15-7-6-14-2)17-11-5-3-4-10(13)8-11/h3-5,8-9,14H,6-7H2,1-2H3,(H,15,16). The molecule has 0 aromatic heterocycles. The average molecular weight is 240 g/mol. The Bertz CT molecular complexity index is 371. The Hall–Kier alpha value is -1.62. The van der Waals surface area contributed by atoms with E-state index in [2.05, 4.69) is 10.6 Å². The maximum absolute atomic E-state index is 12.9. The lowest BCUT2D eigenvalue weighted by Gasteiger charge is -2.14. The fourth-order valence-corrected chi connectivity index (χ4v) is 1.25. The molecule has 0 aliphatic carbocycles. The van der Waals surface area contributed by atoms with E-state index in [0.29, 0.717) is 18.8 Å². The maximum atomic E-state index is 12.9. The van der Waals surface area contributed by atoms with E-state index in [1.165, 1.54) is 18.2 Å². The van der Waals surface area contributed by atoms with Crippen LogP contribution in [0.2, 0.25) is 0 Å². The molecule has 0 aliphatic rings. The minimum absolute atomic E-state index is 0.218. The van der Waals surface area contributed by atoms with E-state index in [1.54, 1.807) is 20.0 Å². The van der Waals surface area contributed by atoms with E-state index in [4.69, 9.17) is 4.74 Å². The summed E-state index contributed by atoms with van der Waals surface area (Å²) in [5, 5.41) is 5.61. The summed E-state index contributed by atoms with van der Waals surface area (Å²) in [7, 11) is 1.80. The number of rotatable bonds is 6. The van der Waals surface area contributed by atoms with Gasteiger partial charge in [0.05, 0.1) is 0 Å². The number of hydrogen-bond acceptors (Lipinski definition) is 3. The van der Waals surface area contributed by atoms with Crippen LogP contribution in [0.15, 0.2) is 24.3 Å². The highest BCUT2D eigenvalue weighted by molar-refractivity contribution is 5.80. The van der Waals surface area contributed by atoms with Crippen LogP contribution in [0.5, 0.6) is 5.75 Å². The number of hydrogen-bond donors (Lipinski definition) is 2. The molecule has 1 amide bonds. The molecule has 1 aromatic rings. The lowest BCUT2D eigenvalue weighted by Crippen LogP contribution is -2.39. The van der Waals surface area contributed by atoms with Gasteiger partial charge in [0.1, 0.15) is 11.6 Å². The van der Waals surface area contributed by atoms with Gasteiger partial charge in [0, 0.05) is 19.2 Å². The Labute approximate surface area is 100 Å². The summed E-state index contributed by atoms with van der Waals surface area (Å²) in [6.45, 7) is 2.85. The van der Waals surface area contributed by atoms with Crippen molar-refractivity contribution in [3.8, 4) is 5.75 Å². The SMILES string of the molecule is CNCCNC(=O)C(C)Oc1cccc(F)c1. The normalized spacial score (nSPS) is 11.9. The molecule has 1 aromatic carbocycles. The van der Waals surface area contributed by atoms with Crippen molar-refractivity contribution in [3.63, 3.8) is 0 Å². The molecular weight excluding hydrogens is 223 g/mol. The van der Waals surface area contributed by atoms with Crippen LogP contribution in [-0.2, 0) is 4.79 Å². The van der Waals surface area contributed by atoms with Gasteiger partial charge in [-0.25, -0.2) is 4.39 Å². The van der Waals surface area contributed by atoms with Crippen molar-refractivity contribution in [3.05, 3.63) is 30.1 Å². The van der Waals surface area contributed by atoms with E-state index in [9.17, 15) is 9.18 Å². The zero-order valence-electron chi connectivity index (χ0n) is 10.00. The van der Waals surface area contributed by atoms with Gasteiger partial charge in [0.25, 0.3) is 5.91 Å². The Morgan fingerprint density at radius 3 is 2.88 bits per heavy atom. The number of carbonyl (C=O) groups is 1. The highest BCUT2D eigenvalue weighted by atomic mass is 19.1. The second-order valence-corrected chi connectivity index (χ2v) is 3.61. The van der Waals surface area contributed by atoms with E-state index in [0.717, 1.165) is 0 Å². The first kappa shape index (κ1) is 13.4. The predicted octanol–water partition coefficient (Wildman–Crippen LogP) is 0.929. The van der Waals surface area contributed by atoms with Crippen LogP contribution in [0, 0.1) is 5.82 Å². The van der Waals surface area contributed by atoms with Gasteiger partial charge in [0.15, 0.2) is 6.10 Å². The number of likely N-dealkylation sites (N-methyl/N-ethyl adjacent to an activating group) is 1. The van der Waals surface area contributed by atoms with Gasteiger partial charge in [0.2, 0.25) is 0 Å². The van der Waals surface area contributed by atoms with Gasteiger partial charge in [-0.1, -0.05) is 6.07 Å². The molecule has 1 atom stereocenters. The van der Waals surface area contributed by atoms with Crippen molar-refractivity contribution in [2.24, 2.45) is 0 Å². The minimum Gasteiger partial charge on any atom is -0.481 e. The molecule has 0 bridgehead atoms. The molecule has 4 nitrogen and oxygen atoms in total. The summed E-state index contributed by atoms with van der Waals surface area (Å²) in [5.74, 6) is -0.254. The molecule has 0 heterocycles. The van der Waals surface area contributed by atoms with E-state index in [1.807, 2.05) is 0 Å². The van der Waals surface area contributed by atoms with Gasteiger partial charge >= 0.3 is 0 Å². The van der Waals surface area contributed by atoms with Crippen molar-refractivity contribution < 1.29 is 13.9 Å². The van der Waals surface area contributed by atoms with Crippen LogP contribution >= 0.6 is 0 Å². The number of benzene rings is 1. The van der Waals surface area contributed by atoms with Crippen molar-refractivity contribution >= 4 is 5.91 Å². The molecule has 17 heavy (non-hydrogen) atoms. The largest absolute Gasteiger partial charge is 0.481 e. The Kier molecular flexibility index (Phi) is 5.42. The smallest absolute Gasteiger partial charge is 0.260 e. The van der Waals surface area contributed by atoms with Gasteiger partial charge in [-0.15, -0.1) is 0 Å². The molecule has 0 radical (unpaired) electrons. The fourth-order valence-electron chi connectivity index (χ4n) is 1.25. The Balaban J connectivity index is 2.43. The Morgan fingerprint density at radius 1 is 1.47 bits per heavy atom. The molecule has 5 heteroatoms. The first-order valence-electron chi connectivity index (χ1n) is 5.48. The summed E-state index contributed by atoms with van der Waals surface area (Å²) < 4.78 is 18.2. The zero-order valence-corrected chi connectivity index (χ0v) is 10.00. The summed E-state index contributed by atoms with van der Waals surface area (Å²) in [6, 6.07) is 5.72. The number of nitrogens with one attached hydrogen (secondary N) is 2. The number of amides is 1. The lowest BCUT2D eigenvalue weighted by molar-refractivity contribution is -0.127. The molecule has 0 saturated heterocycles. The van der Waals surface area contributed by atoms with Crippen molar-refractivity contribution in [1.29, 1.82) is 0 Å². The fraction of sp³-hybridized carbons (Fsp3) is 0.417. The summed E-state index contributed by atoms with van der Waals surface area (Å²) in [6.07, 6.45) is -0.645. The molecule has 1 rings (SSSR count). The molecule has 0 fully saturated rings. The maximum Gasteiger partial charge on any atom is 0.260 e.